The predicted molar refractivity (Wildman–Crippen MR) is 38.4 cm³/mol. The Morgan fingerprint density at radius 1 is 1.27 bits per heavy atom. The number of hydrogen-bond donors (Lipinski definition) is 1. The molecule has 4 nitrogen and oxygen atoms in total. The van der Waals surface area contributed by atoms with Crippen LogP contribution in [0.2, 0.25) is 0 Å². The number of pyridine rings is 1. The zero-order chi connectivity index (χ0) is 7.52. The zero-order valence-corrected chi connectivity index (χ0v) is 5.65. The number of nitrogens with one attached hydrogen (secondary N) is 1. The maximum Gasteiger partial charge on any atom is 0.221 e. The molecule has 0 aromatic carbocycles. The summed E-state index contributed by atoms with van der Waals surface area (Å²) < 4.78 is 0. The Morgan fingerprint density at radius 3 is 2.73 bits per heavy atom. The van der Waals surface area contributed by atoms with Crippen molar-refractivity contribution in [3.8, 4) is 11.4 Å². The van der Waals surface area contributed by atoms with Gasteiger partial charge in [-0.15, -0.1) is 5.10 Å². The molecule has 4 heteroatoms. The van der Waals surface area contributed by atoms with Crippen LogP contribution in [-0.4, -0.2) is 20.2 Å². The maximum atomic E-state index is 3.88. The molecule has 0 saturated carbocycles. The van der Waals surface area contributed by atoms with Crippen molar-refractivity contribution in [2.24, 2.45) is 0 Å². The van der Waals surface area contributed by atoms with Crippen LogP contribution in [0.1, 0.15) is 0 Å². The topological polar surface area (TPSA) is 54.5 Å². The van der Waals surface area contributed by atoms with Gasteiger partial charge in [0, 0.05) is 18.0 Å². The van der Waals surface area contributed by atoms with E-state index in [1.165, 1.54) is 0 Å². The summed E-state index contributed by atoms with van der Waals surface area (Å²) in [6.07, 6.45) is 5.86. The third-order valence-corrected chi connectivity index (χ3v) is 1.33. The fraction of sp³-hybridized carbons (Fsp3) is 0. The van der Waals surface area contributed by atoms with E-state index in [0.29, 0.717) is 5.82 Å². The van der Waals surface area contributed by atoms with Crippen LogP contribution in [0, 0.1) is 6.33 Å². The van der Waals surface area contributed by atoms with E-state index in [2.05, 4.69) is 26.5 Å². The summed E-state index contributed by atoms with van der Waals surface area (Å²) in [5.41, 5.74) is 0.966. The molecule has 0 fully saturated rings. The summed E-state index contributed by atoms with van der Waals surface area (Å²) >= 11 is 0. The largest absolute Gasteiger partial charge is 0.265 e. The van der Waals surface area contributed by atoms with Gasteiger partial charge in [-0.2, -0.15) is 0 Å². The van der Waals surface area contributed by atoms with Crippen LogP contribution in [0.4, 0.5) is 0 Å². The molecule has 0 amide bonds. The highest BCUT2D eigenvalue weighted by atomic mass is 15.2. The Labute approximate surface area is 63.3 Å². The number of nitrogens with zero attached hydrogens (tertiary/aromatic N) is 3. The van der Waals surface area contributed by atoms with Crippen molar-refractivity contribution in [3.63, 3.8) is 0 Å². The van der Waals surface area contributed by atoms with Crippen molar-refractivity contribution in [1.82, 2.24) is 20.2 Å². The molecule has 53 valence electrons. The molecule has 2 rings (SSSR count). The maximum absolute atomic E-state index is 3.88. The average molecular weight is 145 g/mol. The molecule has 1 N–H and O–H groups in total. The minimum atomic E-state index is 0.715. The molecule has 1 radical (unpaired) electrons. The molecule has 0 spiro atoms. The first kappa shape index (κ1) is 6.03. The minimum absolute atomic E-state index is 0.715. The smallest absolute Gasteiger partial charge is 0.221 e. The average Bonchev–Trinajstić information content (AvgIpc) is 2.58. The first-order chi connectivity index (χ1) is 5.47. The van der Waals surface area contributed by atoms with Crippen molar-refractivity contribution >= 4 is 0 Å². The van der Waals surface area contributed by atoms with Crippen molar-refractivity contribution in [2.45, 2.75) is 0 Å². The summed E-state index contributed by atoms with van der Waals surface area (Å²) in [5, 5.41) is 6.33. The van der Waals surface area contributed by atoms with Crippen LogP contribution < -0.4 is 0 Å². The zero-order valence-electron chi connectivity index (χ0n) is 5.65. The summed E-state index contributed by atoms with van der Waals surface area (Å²) in [7, 11) is 0. The van der Waals surface area contributed by atoms with E-state index in [1.807, 2.05) is 12.1 Å². The Hall–Kier alpha value is -1.71. The lowest BCUT2D eigenvalue weighted by Gasteiger charge is -1.91. The highest BCUT2D eigenvalue weighted by Crippen LogP contribution is 2.09. The van der Waals surface area contributed by atoms with Gasteiger partial charge < -0.3 is 0 Å². The molecule has 11 heavy (non-hydrogen) atoms. The number of H-pyrrole nitrogens is 1. The fourth-order valence-electron chi connectivity index (χ4n) is 0.817. The summed E-state index contributed by atoms with van der Waals surface area (Å²) in [5.74, 6) is 0.715. The van der Waals surface area contributed by atoms with Crippen LogP contribution in [0.25, 0.3) is 11.4 Å². The quantitative estimate of drug-likeness (QED) is 0.641. The number of aromatic amines is 1. The summed E-state index contributed by atoms with van der Waals surface area (Å²) in [6.45, 7) is 0. The van der Waals surface area contributed by atoms with Crippen LogP contribution >= 0.6 is 0 Å². The molecule has 2 heterocycles. The standard InChI is InChI=1S/C7H5N4/c1-3-8-4-2-6(1)7-9-5-10-11-7/h1-4H,(H,9,10,11). The Balaban J connectivity index is 2.46. The molecule has 0 saturated heterocycles. The van der Waals surface area contributed by atoms with Gasteiger partial charge >= 0.3 is 0 Å². The van der Waals surface area contributed by atoms with E-state index in [1.54, 1.807) is 12.4 Å². The van der Waals surface area contributed by atoms with Crippen molar-refractivity contribution < 1.29 is 0 Å². The van der Waals surface area contributed by atoms with Crippen LogP contribution in [0.5, 0.6) is 0 Å². The molecule has 0 aliphatic heterocycles. The van der Waals surface area contributed by atoms with Gasteiger partial charge in [0.25, 0.3) is 0 Å². The molecule has 0 aliphatic carbocycles. The molecule has 2 aromatic heterocycles. The first-order valence-electron chi connectivity index (χ1n) is 3.15. The van der Waals surface area contributed by atoms with E-state index in [-0.39, 0.29) is 0 Å². The first-order valence-corrected chi connectivity index (χ1v) is 3.15. The molecule has 2 aromatic rings. The third-order valence-electron chi connectivity index (χ3n) is 1.33. The minimum Gasteiger partial charge on any atom is -0.265 e. The summed E-state index contributed by atoms with van der Waals surface area (Å²) in [4.78, 5) is 7.75. The Bertz CT molecular complexity index is 313. The second kappa shape index (κ2) is 2.49. The fourth-order valence-corrected chi connectivity index (χ4v) is 0.817. The SMILES string of the molecule is [c]1n[nH]c(-c2ccncc2)n1. The number of hydrogen-bond acceptors (Lipinski definition) is 3. The molecular weight excluding hydrogens is 140 g/mol. The van der Waals surface area contributed by atoms with Gasteiger partial charge in [0.1, 0.15) is 0 Å². The molecule has 0 unspecified atom stereocenters. The van der Waals surface area contributed by atoms with E-state index in [9.17, 15) is 0 Å². The number of aromatic nitrogens is 4. The van der Waals surface area contributed by atoms with Crippen LogP contribution in [-0.2, 0) is 0 Å². The van der Waals surface area contributed by atoms with Crippen LogP contribution in [0.3, 0.4) is 0 Å². The second-order valence-corrected chi connectivity index (χ2v) is 2.02. The van der Waals surface area contributed by atoms with Gasteiger partial charge in [-0.05, 0) is 12.1 Å². The van der Waals surface area contributed by atoms with Gasteiger partial charge in [0.15, 0.2) is 5.82 Å². The third kappa shape index (κ3) is 1.10. The van der Waals surface area contributed by atoms with Crippen molar-refractivity contribution in [2.75, 3.05) is 0 Å². The van der Waals surface area contributed by atoms with E-state index in [0.717, 1.165) is 5.56 Å². The lowest BCUT2D eigenvalue weighted by atomic mass is 10.3. The monoisotopic (exact) mass is 145 g/mol. The van der Waals surface area contributed by atoms with Crippen molar-refractivity contribution in [1.29, 1.82) is 0 Å². The Morgan fingerprint density at radius 2 is 2.09 bits per heavy atom. The number of rotatable bonds is 1. The molecule has 0 bridgehead atoms. The van der Waals surface area contributed by atoms with E-state index >= 15 is 0 Å². The van der Waals surface area contributed by atoms with Gasteiger partial charge in [-0.3, -0.25) is 10.1 Å². The van der Waals surface area contributed by atoms with E-state index in [4.69, 9.17) is 0 Å². The lowest BCUT2D eigenvalue weighted by molar-refractivity contribution is 1.09. The molecular formula is C7H5N4. The molecule has 0 atom stereocenters. The highest BCUT2D eigenvalue weighted by Gasteiger charge is 1.96. The molecule has 0 aliphatic rings. The highest BCUT2D eigenvalue weighted by molar-refractivity contribution is 5.52. The van der Waals surface area contributed by atoms with E-state index < -0.39 is 0 Å². The van der Waals surface area contributed by atoms with Gasteiger partial charge in [-0.1, -0.05) is 0 Å². The second-order valence-electron chi connectivity index (χ2n) is 2.02. The van der Waals surface area contributed by atoms with Gasteiger partial charge in [-0.25, -0.2) is 4.98 Å². The normalized spacial score (nSPS) is 9.82. The van der Waals surface area contributed by atoms with Gasteiger partial charge in [0.2, 0.25) is 6.33 Å². The van der Waals surface area contributed by atoms with Gasteiger partial charge in [0.05, 0.1) is 0 Å². The van der Waals surface area contributed by atoms with Crippen LogP contribution in [0.15, 0.2) is 24.5 Å². The lowest BCUT2D eigenvalue weighted by Crippen LogP contribution is -1.79. The summed E-state index contributed by atoms with van der Waals surface area (Å²) in [6, 6.07) is 3.71. The van der Waals surface area contributed by atoms with Crippen molar-refractivity contribution in [3.05, 3.63) is 30.9 Å². The predicted octanol–water partition coefficient (Wildman–Crippen LogP) is 0.667. The Kier molecular flexibility index (Phi) is 1.37.